The van der Waals surface area contributed by atoms with Crippen LogP contribution in [0, 0.1) is 6.92 Å². The van der Waals surface area contributed by atoms with E-state index in [-0.39, 0.29) is 29.1 Å². The zero-order chi connectivity index (χ0) is 35.5. The molecule has 0 atom stereocenters. The lowest BCUT2D eigenvalue weighted by molar-refractivity contribution is -0.111. The van der Waals surface area contributed by atoms with E-state index in [4.69, 9.17) is 0 Å². The minimum Gasteiger partial charge on any atom is -0.351 e. The fourth-order valence-electron chi connectivity index (χ4n) is 6.00. The van der Waals surface area contributed by atoms with E-state index in [0.29, 0.717) is 41.3 Å². The molecule has 3 aromatic carbocycles. The summed E-state index contributed by atoms with van der Waals surface area (Å²) in [6.07, 6.45) is 3.18. The number of aromatic nitrogens is 1. The molecule has 2 heterocycles. The third kappa shape index (κ3) is 8.06. The molecule has 0 unspecified atom stereocenters. The highest BCUT2D eigenvalue weighted by Crippen LogP contribution is 2.30. The van der Waals surface area contributed by atoms with Crippen molar-refractivity contribution in [3.05, 3.63) is 124 Å². The van der Waals surface area contributed by atoms with Gasteiger partial charge in [-0.3, -0.25) is 19.2 Å². The van der Waals surface area contributed by atoms with Crippen molar-refractivity contribution in [3.63, 3.8) is 0 Å². The average molecular weight is 660 g/mol. The quantitative estimate of drug-likeness (QED) is 0.161. The molecule has 5 rings (SSSR count). The molecular formula is C40H45N5O4. The molecule has 0 saturated carbocycles. The van der Waals surface area contributed by atoms with Crippen LogP contribution in [0.5, 0.6) is 0 Å². The first kappa shape index (κ1) is 35.0. The smallest absolute Gasteiger partial charge is 0.274 e. The number of aryl methyl sites for hydroxylation is 1. The predicted octanol–water partition coefficient (Wildman–Crippen LogP) is 6.34. The van der Waals surface area contributed by atoms with Crippen molar-refractivity contribution >= 4 is 34.7 Å². The number of benzene rings is 3. The number of hydrogen-bond acceptors (Lipinski definition) is 6. The fraction of sp³-hybridized carbons (Fsp3) is 0.300. The molecule has 1 aliphatic heterocycles. The number of pyridine rings is 1. The van der Waals surface area contributed by atoms with Gasteiger partial charge in [-0.15, -0.1) is 0 Å². The summed E-state index contributed by atoms with van der Waals surface area (Å²) >= 11 is 0. The van der Waals surface area contributed by atoms with E-state index in [1.165, 1.54) is 10.1 Å². The Morgan fingerprint density at radius 3 is 2.24 bits per heavy atom. The molecule has 4 aromatic rings. The summed E-state index contributed by atoms with van der Waals surface area (Å²) in [5.41, 5.74) is 6.70. The van der Waals surface area contributed by atoms with Crippen LogP contribution in [0.15, 0.2) is 90.4 Å². The summed E-state index contributed by atoms with van der Waals surface area (Å²) in [6.45, 7) is 14.7. The van der Waals surface area contributed by atoms with Crippen LogP contribution in [0.4, 0.5) is 17.1 Å². The van der Waals surface area contributed by atoms with Gasteiger partial charge >= 0.3 is 0 Å². The standard InChI is InChI=1S/C40H45N5O4/c1-8-37(47)42-34-24-31(16-17-33(34)38(48)45-20-18-43(6)19-21-45)41-35-22-29(25-44(7)39(35)49)32-11-9-10-28(26(32)2)23-36(46)27-12-14-30(15-13-27)40(3,4)5/h8-17,22,24-25,41H,1,18-21,23H2,2-7H3,(H,42,47). The van der Waals surface area contributed by atoms with Crippen LogP contribution in [0.2, 0.25) is 0 Å². The van der Waals surface area contributed by atoms with Crippen LogP contribution < -0.4 is 16.2 Å². The van der Waals surface area contributed by atoms with Crippen molar-refractivity contribution in [2.75, 3.05) is 43.9 Å². The Labute approximate surface area is 288 Å². The van der Waals surface area contributed by atoms with Crippen LogP contribution in [-0.2, 0) is 23.7 Å². The molecular weight excluding hydrogens is 614 g/mol. The largest absolute Gasteiger partial charge is 0.351 e. The van der Waals surface area contributed by atoms with Crippen molar-refractivity contribution in [2.45, 2.75) is 39.5 Å². The lowest BCUT2D eigenvalue weighted by Gasteiger charge is -2.32. The van der Waals surface area contributed by atoms with Gasteiger partial charge < -0.3 is 25.0 Å². The molecule has 1 fully saturated rings. The molecule has 1 aromatic heterocycles. The average Bonchev–Trinajstić information content (AvgIpc) is 3.07. The van der Waals surface area contributed by atoms with Crippen molar-refractivity contribution in [1.29, 1.82) is 0 Å². The molecule has 0 radical (unpaired) electrons. The van der Waals surface area contributed by atoms with Gasteiger partial charge in [0.15, 0.2) is 5.78 Å². The number of rotatable bonds is 9. The van der Waals surface area contributed by atoms with Crippen LogP contribution in [-0.4, -0.2) is 65.2 Å². The number of anilines is 3. The number of piperazine rings is 1. The van der Waals surface area contributed by atoms with Gasteiger partial charge in [-0.05, 0) is 72.0 Å². The van der Waals surface area contributed by atoms with Crippen molar-refractivity contribution in [3.8, 4) is 11.1 Å². The first-order valence-corrected chi connectivity index (χ1v) is 16.5. The van der Waals surface area contributed by atoms with E-state index in [2.05, 4.69) is 42.9 Å². The molecule has 0 spiro atoms. The number of likely N-dealkylation sites (N-methyl/N-ethyl adjacent to an activating group) is 1. The van der Waals surface area contributed by atoms with Crippen LogP contribution in [0.3, 0.4) is 0 Å². The highest BCUT2D eigenvalue weighted by molar-refractivity contribution is 6.07. The number of nitrogens with zero attached hydrogens (tertiary/aromatic N) is 3. The molecule has 1 aliphatic rings. The van der Waals surface area contributed by atoms with E-state index in [0.717, 1.165) is 41.4 Å². The second kappa shape index (κ2) is 14.5. The van der Waals surface area contributed by atoms with E-state index >= 15 is 0 Å². The number of carbonyl (C=O) groups excluding carboxylic acids is 3. The zero-order valence-electron chi connectivity index (χ0n) is 29.2. The molecule has 9 nitrogen and oxygen atoms in total. The van der Waals surface area contributed by atoms with Gasteiger partial charge in [-0.25, -0.2) is 0 Å². The Hall–Kier alpha value is -5.28. The lowest BCUT2D eigenvalue weighted by atomic mass is 9.86. The second-order valence-electron chi connectivity index (χ2n) is 13.7. The highest BCUT2D eigenvalue weighted by Gasteiger charge is 2.24. The Kier molecular flexibility index (Phi) is 10.3. The van der Waals surface area contributed by atoms with E-state index in [1.54, 1.807) is 42.4 Å². The van der Waals surface area contributed by atoms with Gasteiger partial charge in [-0.1, -0.05) is 69.8 Å². The van der Waals surface area contributed by atoms with Gasteiger partial charge in [-0.2, -0.15) is 0 Å². The first-order valence-electron chi connectivity index (χ1n) is 16.5. The molecule has 49 heavy (non-hydrogen) atoms. The summed E-state index contributed by atoms with van der Waals surface area (Å²) in [4.78, 5) is 56.4. The zero-order valence-corrected chi connectivity index (χ0v) is 29.2. The van der Waals surface area contributed by atoms with Crippen molar-refractivity contribution < 1.29 is 14.4 Å². The number of hydrogen-bond donors (Lipinski definition) is 2. The highest BCUT2D eigenvalue weighted by atomic mass is 16.2. The lowest BCUT2D eigenvalue weighted by Crippen LogP contribution is -2.47. The Morgan fingerprint density at radius 1 is 0.898 bits per heavy atom. The Bertz CT molecular complexity index is 1960. The number of Topliss-reactive ketones (excluding diaryl/α,β-unsaturated/α-hetero) is 1. The van der Waals surface area contributed by atoms with Crippen LogP contribution >= 0.6 is 0 Å². The third-order valence-electron chi connectivity index (χ3n) is 9.13. The monoisotopic (exact) mass is 659 g/mol. The van der Waals surface area contributed by atoms with Gasteiger partial charge in [0.1, 0.15) is 5.69 Å². The SMILES string of the molecule is C=CC(=O)Nc1cc(Nc2cc(-c3cccc(CC(=O)c4ccc(C(C)(C)C)cc4)c3C)cn(C)c2=O)ccc1C(=O)N1CCN(C)CC1. The number of ketones is 1. The summed E-state index contributed by atoms with van der Waals surface area (Å²) in [5.74, 6) is -0.580. The summed E-state index contributed by atoms with van der Waals surface area (Å²) in [5, 5.41) is 5.98. The minimum absolute atomic E-state index is 0.00674. The Balaban J connectivity index is 1.42. The maximum atomic E-state index is 13.5. The molecule has 0 aliphatic carbocycles. The molecule has 2 amide bonds. The van der Waals surface area contributed by atoms with Crippen LogP contribution in [0.25, 0.3) is 11.1 Å². The van der Waals surface area contributed by atoms with Crippen molar-refractivity contribution in [2.24, 2.45) is 7.05 Å². The first-order chi connectivity index (χ1) is 23.2. The summed E-state index contributed by atoms with van der Waals surface area (Å²) < 4.78 is 1.51. The van der Waals surface area contributed by atoms with Crippen LogP contribution in [0.1, 0.15) is 58.2 Å². The van der Waals surface area contributed by atoms with Crippen molar-refractivity contribution in [1.82, 2.24) is 14.4 Å². The summed E-state index contributed by atoms with van der Waals surface area (Å²) in [6, 6.07) is 20.5. The minimum atomic E-state index is -0.446. The molecule has 0 bridgehead atoms. The fourth-order valence-corrected chi connectivity index (χ4v) is 6.00. The number of carbonyl (C=O) groups is 3. The predicted molar refractivity (Wildman–Crippen MR) is 197 cm³/mol. The van der Waals surface area contributed by atoms with Gasteiger partial charge in [0.05, 0.1) is 11.3 Å². The molecule has 9 heteroatoms. The third-order valence-corrected chi connectivity index (χ3v) is 9.13. The maximum Gasteiger partial charge on any atom is 0.274 e. The van der Waals surface area contributed by atoms with E-state index in [1.807, 2.05) is 56.4 Å². The topological polar surface area (TPSA) is 104 Å². The normalized spacial score (nSPS) is 13.6. The van der Waals surface area contributed by atoms with Gasteiger partial charge in [0, 0.05) is 62.7 Å². The number of amides is 2. The van der Waals surface area contributed by atoms with Gasteiger partial charge in [0.2, 0.25) is 5.91 Å². The summed E-state index contributed by atoms with van der Waals surface area (Å²) in [7, 11) is 3.71. The van der Waals surface area contributed by atoms with Gasteiger partial charge in [0.25, 0.3) is 11.5 Å². The Morgan fingerprint density at radius 2 is 1.59 bits per heavy atom. The molecule has 1 saturated heterocycles. The maximum absolute atomic E-state index is 13.5. The van der Waals surface area contributed by atoms with E-state index < -0.39 is 5.91 Å². The van der Waals surface area contributed by atoms with E-state index in [9.17, 15) is 19.2 Å². The number of nitrogens with one attached hydrogen (secondary N) is 2. The molecule has 254 valence electrons. The molecule has 2 N–H and O–H groups in total. The second-order valence-corrected chi connectivity index (χ2v) is 13.7.